The van der Waals surface area contributed by atoms with Gasteiger partial charge in [-0.3, -0.25) is 24.5 Å². The maximum atomic E-state index is 12.8. The smallest absolute Gasteiger partial charge is 0.287 e. The van der Waals surface area contributed by atoms with E-state index in [0.717, 1.165) is 0 Å². The van der Waals surface area contributed by atoms with Crippen LogP contribution in [0.25, 0.3) is 11.3 Å². The lowest BCUT2D eigenvalue weighted by atomic mass is 10.0. The molecule has 0 aliphatic carbocycles. The molecule has 1 unspecified atom stereocenters. The van der Waals surface area contributed by atoms with Gasteiger partial charge in [-0.15, -0.1) is 0 Å². The molecule has 0 aliphatic rings. The summed E-state index contributed by atoms with van der Waals surface area (Å²) in [6.07, 6.45) is 3.02. The summed E-state index contributed by atoms with van der Waals surface area (Å²) in [6.45, 7) is 1.75. The molecule has 4 N–H and O–H groups in total. The van der Waals surface area contributed by atoms with E-state index in [9.17, 15) is 14.4 Å². The Kier molecular flexibility index (Phi) is 5.11. The highest BCUT2D eigenvalue weighted by atomic mass is 16.3. The molecule has 1 atom stereocenters. The minimum atomic E-state index is -1.17. The fourth-order valence-electron chi connectivity index (χ4n) is 2.66. The second kappa shape index (κ2) is 7.65. The number of furan rings is 1. The van der Waals surface area contributed by atoms with Crippen LogP contribution in [0.1, 0.15) is 21.9 Å². The first-order valence-corrected chi connectivity index (χ1v) is 8.10. The summed E-state index contributed by atoms with van der Waals surface area (Å²) in [5.74, 6) is -2.27. The van der Waals surface area contributed by atoms with Crippen molar-refractivity contribution in [3.05, 3.63) is 59.9 Å². The largest absolute Gasteiger partial charge is 0.469 e. The van der Waals surface area contributed by atoms with E-state index in [-0.39, 0.29) is 12.1 Å². The predicted octanol–water partition coefficient (Wildman–Crippen LogP) is 0.769. The van der Waals surface area contributed by atoms with Gasteiger partial charge < -0.3 is 15.5 Å². The van der Waals surface area contributed by atoms with Crippen molar-refractivity contribution in [2.24, 2.45) is 5.73 Å². The molecular formula is C18H17N5O4. The molecule has 3 aromatic heterocycles. The molecule has 3 heterocycles. The van der Waals surface area contributed by atoms with E-state index in [1.54, 1.807) is 43.5 Å². The fraction of sp³-hybridized carbons (Fsp3) is 0.167. The third-order valence-corrected chi connectivity index (χ3v) is 3.93. The number of aryl methyl sites for hydroxylation is 1. The molecule has 3 rings (SSSR count). The van der Waals surface area contributed by atoms with Crippen LogP contribution >= 0.6 is 0 Å². The van der Waals surface area contributed by atoms with E-state index < -0.39 is 23.6 Å². The third kappa shape index (κ3) is 3.92. The highest BCUT2D eigenvalue weighted by Gasteiger charge is 2.29. The molecule has 27 heavy (non-hydrogen) atoms. The van der Waals surface area contributed by atoms with Gasteiger partial charge in [0.15, 0.2) is 5.69 Å². The van der Waals surface area contributed by atoms with E-state index in [1.807, 2.05) is 0 Å². The molecule has 0 aliphatic heterocycles. The number of aromatic nitrogens is 3. The van der Waals surface area contributed by atoms with E-state index in [2.05, 4.69) is 20.5 Å². The zero-order valence-corrected chi connectivity index (χ0v) is 14.4. The van der Waals surface area contributed by atoms with Crippen LogP contribution in [0.2, 0.25) is 0 Å². The first kappa shape index (κ1) is 18.1. The third-order valence-electron chi connectivity index (χ3n) is 3.93. The SMILES string of the molecule is Cc1[nH]nc(C(=O)NC(Cc2ccco2)C(=O)C(N)=O)c1-c1ccccn1. The second-order valence-electron chi connectivity index (χ2n) is 5.83. The molecule has 0 aromatic carbocycles. The van der Waals surface area contributed by atoms with Crippen LogP contribution in [0.4, 0.5) is 0 Å². The van der Waals surface area contributed by atoms with E-state index >= 15 is 0 Å². The normalized spacial score (nSPS) is 11.7. The number of pyridine rings is 1. The summed E-state index contributed by atoms with van der Waals surface area (Å²) in [5, 5.41) is 9.28. The van der Waals surface area contributed by atoms with Gasteiger partial charge in [0.1, 0.15) is 11.8 Å². The maximum absolute atomic E-state index is 12.8. The number of hydrogen-bond donors (Lipinski definition) is 3. The Morgan fingerprint density at radius 2 is 2.07 bits per heavy atom. The van der Waals surface area contributed by atoms with Crippen molar-refractivity contribution >= 4 is 17.6 Å². The van der Waals surface area contributed by atoms with Crippen LogP contribution in [-0.2, 0) is 16.0 Å². The first-order valence-electron chi connectivity index (χ1n) is 8.10. The molecule has 0 saturated carbocycles. The number of carbonyl (C=O) groups excluding carboxylic acids is 3. The summed E-state index contributed by atoms with van der Waals surface area (Å²) in [6, 6.07) is 7.37. The number of rotatable bonds is 7. The minimum absolute atomic E-state index is 0.0111. The minimum Gasteiger partial charge on any atom is -0.469 e. The number of nitrogens with two attached hydrogens (primary N) is 1. The Morgan fingerprint density at radius 3 is 2.70 bits per heavy atom. The number of aromatic amines is 1. The Hall–Kier alpha value is -3.75. The zero-order valence-electron chi connectivity index (χ0n) is 14.4. The lowest BCUT2D eigenvalue weighted by Gasteiger charge is -2.15. The highest BCUT2D eigenvalue weighted by molar-refractivity contribution is 6.38. The standard InChI is InChI=1S/C18H17N5O4/c1-10-14(12-6-2-3-7-20-12)15(23-22-10)18(26)21-13(16(24)17(19)25)9-11-5-4-8-27-11/h2-8,13H,9H2,1H3,(H2,19,25)(H,21,26)(H,22,23). The molecule has 0 spiro atoms. The van der Waals surface area contributed by atoms with E-state index in [0.29, 0.717) is 22.7 Å². The van der Waals surface area contributed by atoms with E-state index in [1.165, 1.54) is 6.26 Å². The molecule has 0 radical (unpaired) electrons. The molecule has 0 saturated heterocycles. The molecule has 0 bridgehead atoms. The summed E-state index contributed by atoms with van der Waals surface area (Å²) in [7, 11) is 0. The van der Waals surface area contributed by atoms with Crippen LogP contribution in [0.3, 0.4) is 0 Å². The molecule has 2 amide bonds. The van der Waals surface area contributed by atoms with Gasteiger partial charge in [-0.25, -0.2) is 0 Å². The summed E-state index contributed by atoms with van der Waals surface area (Å²) >= 11 is 0. The van der Waals surface area contributed by atoms with E-state index in [4.69, 9.17) is 10.2 Å². The number of carbonyl (C=O) groups is 3. The van der Waals surface area contributed by atoms with Gasteiger partial charge in [-0.1, -0.05) is 6.07 Å². The van der Waals surface area contributed by atoms with Gasteiger partial charge in [0.2, 0.25) is 5.78 Å². The number of amides is 2. The van der Waals surface area contributed by atoms with Gasteiger partial charge in [0.05, 0.1) is 17.5 Å². The number of hydrogen-bond acceptors (Lipinski definition) is 6. The first-order chi connectivity index (χ1) is 13.0. The number of ketones is 1. The van der Waals surface area contributed by atoms with Crippen LogP contribution in [0, 0.1) is 6.92 Å². The number of nitrogens with zero attached hydrogens (tertiary/aromatic N) is 2. The molecular weight excluding hydrogens is 350 g/mol. The van der Waals surface area contributed by atoms with Gasteiger partial charge in [0.25, 0.3) is 11.8 Å². The Morgan fingerprint density at radius 1 is 1.26 bits per heavy atom. The Balaban J connectivity index is 1.88. The molecule has 138 valence electrons. The summed E-state index contributed by atoms with van der Waals surface area (Å²) < 4.78 is 5.19. The maximum Gasteiger partial charge on any atom is 0.287 e. The van der Waals surface area contributed by atoms with Crippen molar-refractivity contribution in [3.63, 3.8) is 0 Å². The predicted molar refractivity (Wildman–Crippen MR) is 94.4 cm³/mol. The molecule has 3 aromatic rings. The van der Waals surface area contributed by atoms with Crippen molar-refractivity contribution in [2.45, 2.75) is 19.4 Å². The second-order valence-corrected chi connectivity index (χ2v) is 5.83. The quantitative estimate of drug-likeness (QED) is 0.526. The van der Waals surface area contributed by atoms with Crippen LogP contribution in [-0.4, -0.2) is 38.8 Å². The van der Waals surface area contributed by atoms with Crippen LogP contribution in [0.5, 0.6) is 0 Å². The number of primary amides is 1. The lowest BCUT2D eigenvalue weighted by molar-refractivity contribution is -0.137. The number of Topliss-reactive ketones (excluding diaryl/α,β-unsaturated/α-hetero) is 1. The van der Waals surface area contributed by atoms with Crippen LogP contribution < -0.4 is 11.1 Å². The molecule has 9 heteroatoms. The molecule has 0 fully saturated rings. The highest BCUT2D eigenvalue weighted by Crippen LogP contribution is 2.23. The topological polar surface area (TPSA) is 144 Å². The van der Waals surface area contributed by atoms with Crippen molar-refractivity contribution in [2.75, 3.05) is 0 Å². The van der Waals surface area contributed by atoms with Crippen molar-refractivity contribution in [1.29, 1.82) is 0 Å². The van der Waals surface area contributed by atoms with Crippen LogP contribution in [0.15, 0.2) is 47.2 Å². The van der Waals surface area contributed by atoms with Gasteiger partial charge in [-0.05, 0) is 31.2 Å². The van der Waals surface area contributed by atoms with Crippen molar-refractivity contribution in [1.82, 2.24) is 20.5 Å². The number of nitrogens with one attached hydrogen (secondary N) is 2. The monoisotopic (exact) mass is 367 g/mol. The average molecular weight is 367 g/mol. The number of H-pyrrole nitrogens is 1. The average Bonchev–Trinajstić information content (AvgIpc) is 3.30. The zero-order chi connectivity index (χ0) is 19.4. The summed E-state index contributed by atoms with van der Waals surface area (Å²) in [5.41, 5.74) is 6.87. The van der Waals surface area contributed by atoms with Gasteiger partial charge in [0, 0.05) is 18.3 Å². The fourth-order valence-corrected chi connectivity index (χ4v) is 2.66. The molecule has 9 nitrogen and oxygen atoms in total. The Bertz CT molecular complexity index is 963. The van der Waals surface area contributed by atoms with Gasteiger partial charge in [-0.2, -0.15) is 5.10 Å². The Labute approximate surface area is 154 Å². The van der Waals surface area contributed by atoms with Crippen molar-refractivity contribution < 1.29 is 18.8 Å². The van der Waals surface area contributed by atoms with Gasteiger partial charge >= 0.3 is 0 Å². The lowest BCUT2D eigenvalue weighted by Crippen LogP contribution is -2.47. The summed E-state index contributed by atoms with van der Waals surface area (Å²) in [4.78, 5) is 40.5. The van der Waals surface area contributed by atoms with Crippen molar-refractivity contribution in [3.8, 4) is 11.3 Å².